The number of fused-ring (bicyclic) bond motifs is 5. The number of thiocarbonyl (C=S) groups is 1. The van der Waals surface area contributed by atoms with E-state index < -0.39 is 5.92 Å². The minimum atomic E-state index is -0.466. The van der Waals surface area contributed by atoms with Crippen LogP contribution in [0.25, 0.3) is 0 Å². The summed E-state index contributed by atoms with van der Waals surface area (Å²) in [7, 11) is 0. The zero-order chi connectivity index (χ0) is 20.3. The molecule has 0 radical (unpaired) electrons. The van der Waals surface area contributed by atoms with Crippen molar-refractivity contribution in [3.05, 3.63) is 0 Å². The van der Waals surface area contributed by atoms with Crippen molar-refractivity contribution in [3.63, 3.8) is 0 Å². The van der Waals surface area contributed by atoms with Crippen LogP contribution in [0.1, 0.15) is 78.6 Å². The monoisotopic (exact) mass is 400 g/mol. The zero-order valence-electron chi connectivity index (χ0n) is 17.7. The van der Waals surface area contributed by atoms with Gasteiger partial charge >= 0.3 is 0 Å². The van der Waals surface area contributed by atoms with E-state index in [-0.39, 0.29) is 28.0 Å². The summed E-state index contributed by atoms with van der Waals surface area (Å²) >= 11 is 5.25. The van der Waals surface area contributed by atoms with Crippen molar-refractivity contribution in [2.24, 2.45) is 58.0 Å². The summed E-state index contributed by atoms with van der Waals surface area (Å²) in [4.78, 5) is 13.1. The third kappa shape index (κ3) is 2.79. The van der Waals surface area contributed by atoms with Gasteiger partial charge in [0, 0.05) is 5.92 Å². The summed E-state index contributed by atoms with van der Waals surface area (Å²) in [5.41, 5.74) is 6.46. The molecule has 154 valence electrons. The molecule has 0 aromatic rings. The lowest BCUT2D eigenvalue weighted by Crippen LogP contribution is -2.53. The summed E-state index contributed by atoms with van der Waals surface area (Å²) < 4.78 is 0. The van der Waals surface area contributed by atoms with Gasteiger partial charge in [-0.3, -0.25) is 4.79 Å². The van der Waals surface area contributed by atoms with E-state index in [1.54, 1.807) is 6.92 Å². The van der Waals surface area contributed by atoms with Crippen molar-refractivity contribution in [2.45, 2.75) is 78.6 Å². The Morgan fingerprint density at radius 1 is 1.11 bits per heavy atom. The maximum Gasteiger partial charge on any atom is 0.133 e. The summed E-state index contributed by atoms with van der Waals surface area (Å²) in [5.74, 6) is 2.64. The van der Waals surface area contributed by atoms with E-state index >= 15 is 0 Å². The summed E-state index contributed by atoms with van der Waals surface area (Å²) in [6, 6.07) is 2.36. The molecule has 28 heavy (non-hydrogen) atoms. The second kappa shape index (κ2) is 7.08. The Morgan fingerprint density at radius 3 is 2.50 bits per heavy atom. The van der Waals surface area contributed by atoms with Crippen molar-refractivity contribution in [1.82, 2.24) is 0 Å². The molecule has 0 saturated heterocycles. The molecule has 3 nitrogen and oxygen atoms in total. The van der Waals surface area contributed by atoms with E-state index in [0.29, 0.717) is 17.3 Å². The normalized spacial score (nSPS) is 48.5. The Bertz CT molecular complexity index is 714. The van der Waals surface area contributed by atoms with Crippen LogP contribution in [0.5, 0.6) is 0 Å². The number of hydrogen-bond acceptors (Lipinski definition) is 3. The first kappa shape index (κ1) is 20.3. The molecule has 9 atom stereocenters. The molecule has 0 aromatic heterocycles. The van der Waals surface area contributed by atoms with Crippen LogP contribution in [-0.4, -0.2) is 10.8 Å². The van der Waals surface area contributed by atoms with E-state index in [9.17, 15) is 10.1 Å². The topological polar surface area (TPSA) is 66.9 Å². The van der Waals surface area contributed by atoms with Crippen LogP contribution in [0.2, 0.25) is 0 Å². The molecular weight excluding hydrogens is 364 g/mol. The maximum absolute atomic E-state index is 12.8. The third-order valence-electron chi connectivity index (χ3n) is 10.00. The minimum Gasteiger partial charge on any atom is -0.392 e. The maximum atomic E-state index is 12.8. The molecule has 0 aromatic carbocycles. The second-order valence-corrected chi connectivity index (χ2v) is 11.4. The van der Waals surface area contributed by atoms with Gasteiger partial charge in [-0.1, -0.05) is 38.9 Å². The molecule has 0 heterocycles. The van der Waals surface area contributed by atoms with Gasteiger partial charge in [-0.15, -0.1) is 0 Å². The molecule has 4 fully saturated rings. The molecular formula is C24H36N2OS. The summed E-state index contributed by atoms with van der Waals surface area (Å²) in [6.07, 6.45) is 11.6. The van der Waals surface area contributed by atoms with Gasteiger partial charge in [-0.2, -0.15) is 5.26 Å². The number of ketones is 1. The minimum absolute atomic E-state index is 0.00522. The van der Waals surface area contributed by atoms with Crippen molar-refractivity contribution in [3.8, 4) is 6.07 Å². The molecule has 4 heteroatoms. The smallest absolute Gasteiger partial charge is 0.133 e. The van der Waals surface area contributed by atoms with Crippen LogP contribution < -0.4 is 5.73 Å². The van der Waals surface area contributed by atoms with Crippen LogP contribution in [0, 0.1) is 63.6 Å². The number of hydrogen-bond donors (Lipinski definition) is 1. The molecule has 4 aliphatic carbocycles. The molecule has 4 aliphatic rings. The van der Waals surface area contributed by atoms with Gasteiger partial charge in [0.1, 0.15) is 5.78 Å². The number of nitrogens with zero attached hydrogens (tertiary/aromatic N) is 1. The fourth-order valence-corrected chi connectivity index (χ4v) is 9.08. The molecule has 0 amide bonds. The van der Waals surface area contributed by atoms with Crippen molar-refractivity contribution >= 4 is 23.0 Å². The standard InChI is InChI=1S/C24H36N2OS/c1-14(27)21-17(18(13-25)22(26)28)12-20-16-8-7-15-6-4-5-10-23(15,2)19(16)9-11-24(20,21)3/h15-21H,4-12H2,1-3H3,(H2,26,28)/t15-,16+,17+,18+,19-,20-,21-,23-,24-/m0/s1. The quantitative estimate of drug-likeness (QED) is 0.655. The predicted molar refractivity (Wildman–Crippen MR) is 115 cm³/mol. The van der Waals surface area contributed by atoms with E-state index in [1.807, 2.05) is 0 Å². The van der Waals surface area contributed by atoms with Crippen molar-refractivity contribution in [1.29, 1.82) is 5.26 Å². The van der Waals surface area contributed by atoms with Gasteiger partial charge in [0.05, 0.1) is 17.0 Å². The Labute approximate surface area is 175 Å². The van der Waals surface area contributed by atoms with Gasteiger partial charge in [-0.05, 0) is 92.3 Å². The molecule has 0 unspecified atom stereocenters. The number of nitrogens with two attached hydrogens (primary N) is 1. The van der Waals surface area contributed by atoms with E-state index in [1.165, 1.54) is 44.9 Å². The summed E-state index contributed by atoms with van der Waals surface area (Å²) in [5, 5.41) is 9.77. The van der Waals surface area contributed by atoms with Gasteiger partial charge in [-0.25, -0.2) is 0 Å². The highest BCUT2D eigenvalue weighted by Gasteiger charge is 2.63. The van der Waals surface area contributed by atoms with Crippen molar-refractivity contribution < 1.29 is 4.79 Å². The van der Waals surface area contributed by atoms with Crippen LogP contribution in [-0.2, 0) is 4.79 Å². The Balaban J connectivity index is 1.69. The van der Waals surface area contributed by atoms with E-state index in [2.05, 4.69) is 19.9 Å². The molecule has 0 spiro atoms. The van der Waals surface area contributed by atoms with Crippen LogP contribution >= 0.6 is 12.2 Å². The Morgan fingerprint density at radius 2 is 1.86 bits per heavy atom. The highest BCUT2D eigenvalue weighted by molar-refractivity contribution is 7.80. The Hall–Kier alpha value is -0.950. The highest BCUT2D eigenvalue weighted by Crippen LogP contribution is 2.69. The lowest BCUT2D eigenvalue weighted by molar-refractivity contribution is -0.134. The van der Waals surface area contributed by atoms with Crippen LogP contribution in [0.3, 0.4) is 0 Å². The lowest BCUT2D eigenvalue weighted by Gasteiger charge is -2.60. The molecule has 0 aliphatic heterocycles. The first-order chi connectivity index (χ1) is 13.2. The van der Waals surface area contributed by atoms with Crippen LogP contribution in [0.15, 0.2) is 0 Å². The average Bonchev–Trinajstić information content (AvgIpc) is 2.94. The van der Waals surface area contributed by atoms with Gasteiger partial charge in [0.25, 0.3) is 0 Å². The SMILES string of the molecule is CC(=O)[C@H]1[C@@H]([C@@H](C#N)C(N)=S)C[C@H]2[C@@H]3CC[C@@H]4CCCC[C@]4(C)[C@H]3CC[C@@]21C. The van der Waals surface area contributed by atoms with Crippen LogP contribution in [0.4, 0.5) is 0 Å². The van der Waals surface area contributed by atoms with E-state index in [4.69, 9.17) is 18.0 Å². The average molecular weight is 401 g/mol. The molecule has 2 N–H and O–H groups in total. The number of nitriles is 1. The van der Waals surface area contributed by atoms with Gasteiger partial charge < -0.3 is 5.73 Å². The number of Topliss-reactive ketones (excluding diaryl/α,β-unsaturated/α-hetero) is 1. The highest BCUT2D eigenvalue weighted by atomic mass is 32.1. The largest absolute Gasteiger partial charge is 0.392 e. The molecule has 4 rings (SSSR count). The summed E-state index contributed by atoms with van der Waals surface area (Å²) in [6.45, 7) is 6.66. The number of rotatable bonds is 3. The van der Waals surface area contributed by atoms with E-state index in [0.717, 1.165) is 24.7 Å². The first-order valence-corrected chi connectivity index (χ1v) is 11.8. The first-order valence-electron chi connectivity index (χ1n) is 11.4. The lowest BCUT2D eigenvalue weighted by atomic mass is 9.45. The second-order valence-electron chi connectivity index (χ2n) is 10.9. The van der Waals surface area contributed by atoms with Crippen molar-refractivity contribution in [2.75, 3.05) is 0 Å². The predicted octanol–water partition coefficient (Wildman–Crippen LogP) is 5.28. The zero-order valence-corrected chi connectivity index (χ0v) is 18.6. The Kier molecular flexibility index (Phi) is 5.14. The number of carbonyl (C=O) groups is 1. The fraction of sp³-hybridized carbons (Fsp3) is 0.875. The fourth-order valence-electron chi connectivity index (χ4n) is 8.86. The number of carbonyl (C=O) groups excluding carboxylic acids is 1. The van der Waals surface area contributed by atoms with Gasteiger partial charge in [0.2, 0.25) is 0 Å². The molecule has 4 saturated carbocycles. The molecule has 0 bridgehead atoms. The van der Waals surface area contributed by atoms with Gasteiger partial charge in [0.15, 0.2) is 0 Å². The third-order valence-corrected chi connectivity index (χ3v) is 10.3.